The van der Waals surface area contributed by atoms with Gasteiger partial charge in [-0.15, -0.1) is 0 Å². The van der Waals surface area contributed by atoms with Gasteiger partial charge < -0.3 is 5.11 Å². The predicted octanol–water partition coefficient (Wildman–Crippen LogP) is 5.46. The molecule has 0 spiro atoms. The summed E-state index contributed by atoms with van der Waals surface area (Å²) in [5.74, 6) is 0. The molecule has 0 aliphatic rings. The number of benzene rings is 2. The molecule has 0 saturated carbocycles. The summed E-state index contributed by atoms with van der Waals surface area (Å²) in [6, 6.07) is 8.45. The SMILES string of the molecule is OCc1ccc(Cl)c(-c2c(Cl)ccc(Cl)c2Cl)c1. The highest BCUT2D eigenvalue weighted by atomic mass is 35.5. The molecular formula is C13H8Cl4O. The molecule has 18 heavy (non-hydrogen) atoms. The Labute approximate surface area is 125 Å². The zero-order valence-corrected chi connectivity index (χ0v) is 12.1. The maximum absolute atomic E-state index is 9.16. The first-order valence-electron chi connectivity index (χ1n) is 5.07. The highest BCUT2D eigenvalue weighted by Gasteiger charge is 2.15. The summed E-state index contributed by atoms with van der Waals surface area (Å²) in [7, 11) is 0. The molecule has 0 amide bonds. The van der Waals surface area contributed by atoms with Gasteiger partial charge in [0.15, 0.2) is 0 Å². The molecule has 0 heterocycles. The van der Waals surface area contributed by atoms with Crippen LogP contribution in [0.3, 0.4) is 0 Å². The van der Waals surface area contributed by atoms with E-state index in [1.807, 2.05) is 0 Å². The summed E-state index contributed by atoms with van der Waals surface area (Å²) in [4.78, 5) is 0. The molecule has 0 fully saturated rings. The van der Waals surface area contributed by atoms with Crippen LogP contribution in [0.15, 0.2) is 30.3 Å². The molecule has 1 N–H and O–H groups in total. The van der Waals surface area contributed by atoms with E-state index in [-0.39, 0.29) is 6.61 Å². The van der Waals surface area contributed by atoms with Crippen LogP contribution in [0.5, 0.6) is 0 Å². The highest BCUT2D eigenvalue weighted by molar-refractivity contribution is 6.46. The Hall–Kier alpha value is -0.440. The van der Waals surface area contributed by atoms with E-state index in [0.717, 1.165) is 5.56 Å². The molecule has 5 heteroatoms. The van der Waals surface area contributed by atoms with E-state index in [4.69, 9.17) is 51.5 Å². The largest absolute Gasteiger partial charge is 0.392 e. The lowest BCUT2D eigenvalue weighted by atomic mass is 10.0. The van der Waals surface area contributed by atoms with E-state index in [2.05, 4.69) is 0 Å². The number of rotatable bonds is 2. The van der Waals surface area contributed by atoms with Gasteiger partial charge in [-0.3, -0.25) is 0 Å². The number of aliphatic hydroxyl groups is 1. The van der Waals surface area contributed by atoms with Crippen molar-refractivity contribution >= 4 is 46.4 Å². The average Bonchev–Trinajstić information content (AvgIpc) is 2.36. The molecule has 1 nitrogen and oxygen atoms in total. The van der Waals surface area contributed by atoms with E-state index < -0.39 is 0 Å². The van der Waals surface area contributed by atoms with Crippen LogP contribution in [0, 0.1) is 0 Å². The molecule has 0 atom stereocenters. The molecule has 0 aliphatic heterocycles. The molecule has 0 bridgehead atoms. The van der Waals surface area contributed by atoms with Gasteiger partial charge in [0.25, 0.3) is 0 Å². The quantitative estimate of drug-likeness (QED) is 0.728. The lowest BCUT2D eigenvalue weighted by molar-refractivity contribution is 0.282. The van der Waals surface area contributed by atoms with Crippen molar-refractivity contribution < 1.29 is 5.11 Å². The summed E-state index contributed by atoms with van der Waals surface area (Å²) in [6.07, 6.45) is 0. The highest BCUT2D eigenvalue weighted by Crippen LogP contribution is 2.42. The van der Waals surface area contributed by atoms with Crippen LogP contribution in [0.4, 0.5) is 0 Å². The van der Waals surface area contributed by atoms with E-state index >= 15 is 0 Å². The Kier molecular flexibility index (Phi) is 4.41. The summed E-state index contributed by atoms with van der Waals surface area (Å²) in [6.45, 7) is -0.0834. The normalized spacial score (nSPS) is 10.7. The predicted molar refractivity (Wildman–Crippen MR) is 77.8 cm³/mol. The van der Waals surface area contributed by atoms with E-state index in [1.165, 1.54) is 0 Å². The Bertz CT molecular complexity index is 596. The fourth-order valence-corrected chi connectivity index (χ4v) is 2.58. The van der Waals surface area contributed by atoms with Crippen LogP contribution >= 0.6 is 46.4 Å². The van der Waals surface area contributed by atoms with Gasteiger partial charge in [-0.05, 0) is 29.8 Å². The van der Waals surface area contributed by atoms with Crippen molar-refractivity contribution in [2.24, 2.45) is 0 Å². The fraction of sp³-hybridized carbons (Fsp3) is 0.0769. The minimum Gasteiger partial charge on any atom is -0.392 e. The van der Waals surface area contributed by atoms with E-state index in [1.54, 1.807) is 30.3 Å². The summed E-state index contributed by atoms with van der Waals surface area (Å²) < 4.78 is 0. The van der Waals surface area contributed by atoms with Gasteiger partial charge in [0.2, 0.25) is 0 Å². The third-order valence-corrected chi connectivity index (χ3v) is 3.98. The van der Waals surface area contributed by atoms with Crippen molar-refractivity contribution in [3.05, 3.63) is 56.0 Å². The Morgan fingerprint density at radius 1 is 0.833 bits per heavy atom. The van der Waals surface area contributed by atoms with Gasteiger partial charge in [0.05, 0.1) is 21.7 Å². The van der Waals surface area contributed by atoms with Gasteiger partial charge in [-0.1, -0.05) is 52.5 Å². The first-order chi connectivity index (χ1) is 8.54. The maximum Gasteiger partial charge on any atom is 0.0686 e. The minimum atomic E-state index is -0.0834. The third-order valence-electron chi connectivity index (χ3n) is 2.53. The molecule has 2 aromatic rings. The Morgan fingerprint density at radius 3 is 2.11 bits per heavy atom. The van der Waals surface area contributed by atoms with Crippen molar-refractivity contribution in [1.29, 1.82) is 0 Å². The monoisotopic (exact) mass is 320 g/mol. The van der Waals surface area contributed by atoms with Crippen LogP contribution < -0.4 is 0 Å². The van der Waals surface area contributed by atoms with Crippen molar-refractivity contribution in [2.45, 2.75) is 6.61 Å². The van der Waals surface area contributed by atoms with E-state index in [9.17, 15) is 0 Å². The second-order valence-corrected chi connectivity index (χ2v) is 5.29. The molecule has 0 unspecified atom stereocenters. The zero-order valence-electron chi connectivity index (χ0n) is 9.05. The number of hydrogen-bond acceptors (Lipinski definition) is 1. The van der Waals surface area contributed by atoms with Crippen LogP contribution in [0.1, 0.15) is 5.56 Å². The first kappa shape index (κ1) is 14.0. The van der Waals surface area contributed by atoms with Crippen molar-refractivity contribution in [2.75, 3.05) is 0 Å². The molecule has 0 saturated heterocycles. The number of hydrogen-bond donors (Lipinski definition) is 1. The van der Waals surface area contributed by atoms with Gasteiger partial charge >= 0.3 is 0 Å². The maximum atomic E-state index is 9.16. The van der Waals surface area contributed by atoms with Gasteiger partial charge in [-0.25, -0.2) is 0 Å². The smallest absolute Gasteiger partial charge is 0.0686 e. The van der Waals surface area contributed by atoms with E-state index in [0.29, 0.717) is 31.2 Å². The second-order valence-electron chi connectivity index (χ2n) is 3.69. The van der Waals surface area contributed by atoms with Crippen molar-refractivity contribution in [3.8, 4) is 11.1 Å². The minimum absolute atomic E-state index is 0.0834. The molecular weight excluding hydrogens is 314 g/mol. The van der Waals surface area contributed by atoms with Gasteiger partial charge in [0, 0.05) is 16.1 Å². The first-order valence-corrected chi connectivity index (χ1v) is 6.59. The topological polar surface area (TPSA) is 20.2 Å². The van der Waals surface area contributed by atoms with Crippen molar-refractivity contribution in [1.82, 2.24) is 0 Å². The average molecular weight is 322 g/mol. The Balaban J connectivity index is 2.72. The number of halogens is 4. The van der Waals surface area contributed by atoms with Gasteiger partial charge in [-0.2, -0.15) is 0 Å². The molecule has 0 aliphatic carbocycles. The summed E-state index contributed by atoms with van der Waals surface area (Å²) >= 11 is 24.4. The lowest BCUT2D eigenvalue weighted by Gasteiger charge is -2.11. The molecule has 2 aromatic carbocycles. The zero-order chi connectivity index (χ0) is 13.3. The van der Waals surface area contributed by atoms with Crippen LogP contribution in [-0.2, 0) is 6.61 Å². The van der Waals surface area contributed by atoms with Crippen LogP contribution in [-0.4, -0.2) is 5.11 Å². The lowest BCUT2D eigenvalue weighted by Crippen LogP contribution is -1.88. The molecule has 0 radical (unpaired) electrons. The van der Waals surface area contributed by atoms with Crippen LogP contribution in [0.25, 0.3) is 11.1 Å². The van der Waals surface area contributed by atoms with Crippen molar-refractivity contribution in [3.63, 3.8) is 0 Å². The number of aliphatic hydroxyl groups excluding tert-OH is 1. The fourth-order valence-electron chi connectivity index (χ4n) is 1.64. The summed E-state index contributed by atoms with van der Waals surface area (Å²) in [5, 5.41) is 10.9. The molecule has 2 rings (SSSR count). The Morgan fingerprint density at radius 2 is 1.44 bits per heavy atom. The third kappa shape index (κ3) is 2.61. The molecule has 94 valence electrons. The molecule has 0 aromatic heterocycles. The standard InChI is InChI=1S/C13H8Cl4O/c14-9-2-1-7(6-18)5-8(9)12-10(15)3-4-11(16)13(12)17/h1-5,18H,6H2. The summed E-state index contributed by atoms with van der Waals surface area (Å²) in [5.41, 5.74) is 1.95. The second kappa shape index (κ2) is 5.68. The van der Waals surface area contributed by atoms with Gasteiger partial charge in [0.1, 0.15) is 0 Å². The van der Waals surface area contributed by atoms with Crippen LogP contribution in [0.2, 0.25) is 20.1 Å².